The minimum atomic E-state index is -3.81. The average Bonchev–Trinajstić information content (AvgIpc) is 2.94. The number of sulfonamides is 1. The third-order valence-corrected chi connectivity index (χ3v) is 7.90. The molecule has 0 aliphatic carbocycles. The molecule has 0 heterocycles. The molecule has 0 spiro atoms. The van der Waals surface area contributed by atoms with Crippen LogP contribution in [0.3, 0.4) is 0 Å². The molecule has 1 N–H and O–H groups in total. The van der Waals surface area contributed by atoms with Crippen LogP contribution in [0.15, 0.2) is 78.9 Å². The summed E-state index contributed by atoms with van der Waals surface area (Å²) in [5.74, 6) is -0.171. The van der Waals surface area contributed by atoms with Crippen LogP contribution in [0.2, 0.25) is 0 Å². The zero-order valence-electron chi connectivity index (χ0n) is 23.8. The number of carbonyl (C=O) groups is 2. The number of amides is 2. The first-order chi connectivity index (χ1) is 19.0. The fourth-order valence-corrected chi connectivity index (χ4v) is 5.14. The van der Waals surface area contributed by atoms with Crippen LogP contribution >= 0.6 is 0 Å². The van der Waals surface area contributed by atoms with Gasteiger partial charge in [0, 0.05) is 19.0 Å². The second-order valence-corrected chi connectivity index (χ2v) is 11.9. The summed E-state index contributed by atoms with van der Waals surface area (Å²) >= 11 is 0. The Hall–Kier alpha value is -3.85. The highest BCUT2D eigenvalue weighted by Gasteiger charge is 2.33. The standard InChI is InChI=1S/C31H39N3O5S/c1-6-24(3)32-31(36)29(20-25-11-8-7-9-12-25)33(21-26-13-10-14-28(19-26)39-4)30(35)22-34(40(5,37)38)27-17-15-23(2)16-18-27/h7-19,24,29H,6,20-22H2,1-5H3,(H,32,36)/t24-,29+/m1/s1. The van der Waals surface area contributed by atoms with Gasteiger partial charge in [-0.1, -0.05) is 67.1 Å². The topological polar surface area (TPSA) is 96.0 Å². The normalized spacial score (nSPS) is 12.7. The van der Waals surface area contributed by atoms with Crippen LogP contribution < -0.4 is 14.4 Å². The van der Waals surface area contributed by atoms with E-state index in [0.717, 1.165) is 33.7 Å². The van der Waals surface area contributed by atoms with Crippen molar-refractivity contribution < 1.29 is 22.7 Å². The van der Waals surface area contributed by atoms with Crippen molar-refractivity contribution in [3.05, 3.63) is 95.6 Å². The highest BCUT2D eigenvalue weighted by Crippen LogP contribution is 2.22. The average molecular weight is 566 g/mol. The maximum atomic E-state index is 14.1. The van der Waals surface area contributed by atoms with E-state index in [1.165, 1.54) is 4.90 Å². The van der Waals surface area contributed by atoms with Crippen LogP contribution in [-0.4, -0.2) is 57.1 Å². The highest BCUT2D eigenvalue weighted by atomic mass is 32.2. The molecule has 0 saturated carbocycles. The van der Waals surface area contributed by atoms with Gasteiger partial charge in [-0.15, -0.1) is 0 Å². The van der Waals surface area contributed by atoms with Gasteiger partial charge in [-0.2, -0.15) is 0 Å². The lowest BCUT2D eigenvalue weighted by Crippen LogP contribution is -2.54. The van der Waals surface area contributed by atoms with Crippen LogP contribution in [0.25, 0.3) is 0 Å². The minimum absolute atomic E-state index is 0.0902. The SMILES string of the molecule is CC[C@@H](C)NC(=O)[C@H](Cc1ccccc1)N(Cc1cccc(OC)c1)C(=O)CN(c1ccc(C)cc1)S(C)(=O)=O. The van der Waals surface area contributed by atoms with Gasteiger partial charge in [0.15, 0.2) is 0 Å². The smallest absolute Gasteiger partial charge is 0.244 e. The predicted molar refractivity (Wildman–Crippen MR) is 159 cm³/mol. The fraction of sp³-hybridized carbons (Fsp3) is 0.355. The number of methoxy groups -OCH3 is 1. The summed E-state index contributed by atoms with van der Waals surface area (Å²) < 4.78 is 32.2. The summed E-state index contributed by atoms with van der Waals surface area (Å²) in [5.41, 5.74) is 2.98. The molecule has 3 aromatic rings. The van der Waals surface area contributed by atoms with Gasteiger partial charge in [0.25, 0.3) is 0 Å². The Bertz CT molecular complexity index is 1380. The molecule has 9 heteroatoms. The lowest BCUT2D eigenvalue weighted by Gasteiger charge is -2.34. The van der Waals surface area contributed by atoms with Crippen LogP contribution in [0.5, 0.6) is 5.75 Å². The van der Waals surface area contributed by atoms with Crippen molar-refractivity contribution in [1.29, 1.82) is 0 Å². The van der Waals surface area contributed by atoms with Gasteiger partial charge in [0.1, 0.15) is 18.3 Å². The largest absolute Gasteiger partial charge is 0.497 e. The van der Waals surface area contributed by atoms with Crippen molar-refractivity contribution in [3.63, 3.8) is 0 Å². The van der Waals surface area contributed by atoms with Gasteiger partial charge < -0.3 is 15.0 Å². The molecule has 214 valence electrons. The highest BCUT2D eigenvalue weighted by molar-refractivity contribution is 7.92. The first-order valence-corrected chi connectivity index (χ1v) is 15.2. The molecule has 0 unspecified atom stereocenters. The summed E-state index contributed by atoms with van der Waals surface area (Å²) in [6, 6.07) is 22.7. The molecule has 0 radical (unpaired) electrons. The van der Waals surface area contributed by atoms with Crippen LogP contribution in [-0.2, 0) is 32.6 Å². The summed E-state index contributed by atoms with van der Waals surface area (Å²) in [6.45, 7) is 5.43. The van der Waals surface area contributed by atoms with E-state index in [0.29, 0.717) is 11.4 Å². The van der Waals surface area contributed by atoms with Crippen molar-refractivity contribution in [3.8, 4) is 5.75 Å². The van der Waals surface area contributed by atoms with E-state index in [2.05, 4.69) is 5.32 Å². The predicted octanol–water partition coefficient (Wildman–Crippen LogP) is 4.32. The summed E-state index contributed by atoms with van der Waals surface area (Å²) in [7, 11) is -2.24. The molecule has 0 aromatic heterocycles. The quantitative estimate of drug-likeness (QED) is 0.333. The zero-order chi connectivity index (χ0) is 29.3. The molecule has 0 aliphatic rings. The molecule has 40 heavy (non-hydrogen) atoms. The van der Waals surface area contributed by atoms with Crippen molar-refractivity contribution >= 4 is 27.5 Å². The Balaban J connectivity index is 2.06. The number of anilines is 1. The van der Waals surface area contributed by atoms with Crippen LogP contribution in [0, 0.1) is 6.92 Å². The summed E-state index contributed by atoms with van der Waals surface area (Å²) in [4.78, 5) is 29.3. The Kier molecular flexibility index (Phi) is 10.7. The lowest BCUT2D eigenvalue weighted by molar-refractivity contribution is -0.140. The minimum Gasteiger partial charge on any atom is -0.497 e. The molecule has 3 aromatic carbocycles. The van der Waals surface area contributed by atoms with E-state index in [1.54, 1.807) is 43.5 Å². The van der Waals surface area contributed by atoms with E-state index >= 15 is 0 Å². The van der Waals surface area contributed by atoms with Gasteiger partial charge in [-0.3, -0.25) is 13.9 Å². The lowest BCUT2D eigenvalue weighted by atomic mass is 10.0. The number of nitrogens with one attached hydrogen (secondary N) is 1. The van der Waals surface area contributed by atoms with E-state index in [-0.39, 0.29) is 24.9 Å². The van der Waals surface area contributed by atoms with Crippen LogP contribution in [0.1, 0.15) is 37.0 Å². The van der Waals surface area contributed by atoms with Crippen LogP contribution in [0.4, 0.5) is 5.69 Å². The Morgan fingerprint density at radius 3 is 2.20 bits per heavy atom. The van der Waals surface area contributed by atoms with Gasteiger partial charge >= 0.3 is 0 Å². The number of hydrogen-bond donors (Lipinski definition) is 1. The number of hydrogen-bond acceptors (Lipinski definition) is 5. The van der Waals surface area contributed by atoms with Crippen molar-refractivity contribution in [2.75, 3.05) is 24.2 Å². The Labute approximate surface area is 238 Å². The first-order valence-electron chi connectivity index (χ1n) is 13.3. The van der Waals surface area contributed by atoms with E-state index in [9.17, 15) is 18.0 Å². The molecule has 0 aliphatic heterocycles. The summed E-state index contributed by atoms with van der Waals surface area (Å²) in [5, 5.41) is 3.03. The third kappa shape index (κ3) is 8.58. The van der Waals surface area contributed by atoms with Crippen molar-refractivity contribution in [1.82, 2.24) is 10.2 Å². The molecule has 2 amide bonds. The molecule has 3 rings (SSSR count). The number of ether oxygens (including phenoxy) is 1. The van der Waals surface area contributed by atoms with E-state index in [4.69, 9.17) is 4.74 Å². The van der Waals surface area contributed by atoms with Gasteiger partial charge in [-0.25, -0.2) is 8.42 Å². The molecule has 0 bridgehead atoms. The van der Waals surface area contributed by atoms with Gasteiger partial charge in [0.05, 0.1) is 19.1 Å². The van der Waals surface area contributed by atoms with E-state index < -0.39 is 28.5 Å². The number of aryl methyl sites for hydroxylation is 1. The van der Waals surface area contributed by atoms with Crippen molar-refractivity contribution in [2.24, 2.45) is 0 Å². The molecule has 2 atom stereocenters. The molecular formula is C31H39N3O5S. The zero-order valence-corrected chi connectivity index (χ0v) is 24.6. The second-order valence-electron chi connectivity index (χ2n) is 10.0. The maximum Gasteiger partial charge on any atom is 0.244 e. The fourth-order valence-electron chi connectivity index (χ4n) is 4.29. The van der Waals surface area contributed by atoms with E-state index in [1.807, 2.05) is 63.2 Å². The first kappa shape index (κ1) is 30.7. The Morgan fingerprint density at radius 2 is 1.60 bits per heavy atom. The van der Waals surface area contributed by atoms with Gasteiger partial charge in [0.2, 0.25) is 21.8 Å². The maximum absolute atomic E-state index is 14.1. The molecule has 0 saturated heterocycles. The number of rotatable bonds is 13. The molecular weight excluding hydrogens is 526 g/mol. The number of carbonyl (C=O) groups excluding carboxylic acids is 2. The monoisotopic (exact) mass is 565 g/mol. The third-order valence-electron chi connectivity index (χ3n) is 6.76. The van der Waals surface area contributed by atoms with Gasteiger partial charge in [-0.05, 0) is 55.7 Å². The number of nitrogens with zero attached hydrogens (tertiary/aromatic N) is 2. The summed E-state index contributed by atoms with van der Waals surface area (Å²) in [6.07, 6.45) is 2.06. The second kappa shape index (κ2) is 14.0. The molecule has 8 nitrogen and oxygen atoms in total. The van der Waals surface area contributed by atoms with Crippen molar-refractivity contribution in [2.45, 2.75) is 52.2 Å². The number of benzene rings is 3. The Morgan fingerprint density at radius 1 is 0.950 bits per heavy atom. The molecule has 0 fully saturated rings.